The van der Waals surface area contributed by atoms with Crippen LogP contribution in [0.25, 0.3) is 10.8 Å². The zero-order chi connectivity index (χ0) is 24.9. The summed E-state index contributed by atoms with van der Waals surface area (Å²) >= 11 is 0. The van der Waals surface area contributed by atoms with E-state index >= 15 is 0 Å². The monoisotopic (exact) mass is 584 g/mol. The number of benzene rings is 3. The van der Waals surface area contributed by atoms with Gasteiger partial charge in [-0.15, -0.1) is 0 Å². The maximum Gasteiger partial charge on any atom is 1.00 e. The number of carbonyl (C=O) groups is 1. The fraction of sp³-hybridized carbons (Fsp3) is 0. The summed E-state index contributed by atoms with van der Waals surface area (Å²) in [6.45, 7) is 0. The molecule has 1 amide bonds. The second-order valence-electron chi connectivity index (χ2n) is 6.58. The Morgan fingerprint density at radius 1 is 0.778 bits per heavy atom. The standard InChI is InChI=1S/C17H14N2O11S3.3Na/c18-9-1-2-12(15(5-9)33(28,29)30)17(21)19-13-6-10(31(22,23)24)3-8-4-11(32(25,26)27)7-14(20)16(8)13;;;/h1-7,20H,18H2,(H,19,21)(H,22,23,24)(H,25,26,27)(H,28,29,30);;;/q;3*+1/p-3. The van der Waals surface area contributed by atoms with Gasteiger partial charge in [-0.05, 0) is 47.9 Å². The Morgan fingerprint density at radius 3 is 1.75 bits per heavy atom. The molecule has 0 saturated heterocycles. The average Bonchev–Trinajstić information content (AvgIpc) is 2.65. The van der Waals surface area contributed by atoms with Crippen LogP contribution in [0.15, 0.2) is 57.2 Å². The Bertz CT molecular complexity index is 1650. The molecule has 3 rings (SSSR count). The van der Waals surface area contributed by atoms with E-state index in [1.54, 1.807) is 0 Å². The normalized spacial score (nSPS) is 11.5. The fourth-order valence-electron chi connectivity index (χ4n) is 2.95. The predicted molar refractivity (Wildman–Crippen MR) is 108 cm³/mol. The number of hydrogen-bond acceptors (Lipinski definition) is 12. The molecular weight excluding hydrogens is 573 g/mol. The van der Waals surface area contributed by atoms with Crippen molar-refractivity contribution in [1.82, 2.24) is 0 Å². The predicted octanol–water partition coefficient (Wildman–Crippen LogP) is -8.90. The summed E-state index contributed by atoms with van der Waals surface area (Å²) in [6.07, 6.45) is 0. The zero-order valence-corrected chi connectivity index (χ0v) is 27.3. The molecule has 0 spiro atoms. The number of carbonyl (C=O) groups excluding carboxylic acids is 1. The zero-order valence-electron chi connectivity index (χ0n) is 18.9. The molecule has 0 radical (unpaired) electrons. The number of phenols is 1. The molecular formula is C17H11N2Na3O11S3. The first kappa shape index (κ1) is 35.7. The van der Waals surface area contributed by atoms with Crippen LogP contribution < -0.4 is 99.7 Å². The van der Waals surface area contributed by atoms with E-state index in [1.807, 2.05) is 0 Å². The van der Waals surface area contributed by atoms with Crippen molar-refractivity contribution in [2.24, 2.45) is 0 Å². The van der Waals surface area contributed by atoms with E-state index in [1.165, 1.54) is 0 Å². The van der Waals surface area contributed by atoms with E-state index in [0.717, 1.165) is 18.2 Å². The summed E-state index contributed by atoms with van der Waals surface area (Å²) in [5.41, 5.74) is 4.03. The van der Waals surface area contributed by atoms with Crippen molar-refractivity contribution in [1.29, 1.82) is 0 Å². The van der Waals surface area contributed by atoms with Gasteiger partial charge in [-0.3, -0.25) is 4.79 Å². The van der Waals surface area contributed by atoms with Crippen molar-refractivity contribution in [3.63, 3.8) is 0 Å². The molecule has 0 aliphatic rings. The molecule has 0 bridgehead atoms. The van der Waals surface area contributed by atoms with E-state index in [2.05, 4.69) is 5.32 Å². The molecule has 0 aliphatic carbocycles. The molecule has 3 aromatic rings. The SMILES string of the molecule is Nc1ccc(C(=O)Nc2cc(S(=O)(=O)[O-])cc3cc(S(=O)(=O)[O-])cc(O)c23)c(S(=O)(=O)[O-])c1.[Na+].[Na+].[Na+]. The van der Waals surface area contributed by atoms with Gasteiger partial charge < -0.3 is 29.8 Å². The van der Waals surface area contributed by atoms with Crippen LogP contribution in [0.1, 0.15) is 10.4 Å². The third-order valence-electron chi connectivity index (χ3n) is 4.32. The Labute approximate surface area is 272 Å². The molecule has 0 fully saturated rings. The Balaban J connectivity index is 0.00000408. The summed E-state index contributed by atoms with van der Waals surface area (Å²) in [5.74, 6) is -2.16. The van der Waals surface area contributed by atoms with Gasteiger partial charge in [0.25, 0.3) is 5.91 Å². The molecule has 4 N–H and O–H groups in total. The molecule has 0 saturated carbocycles. The van der Waals surface area contributed by atoms with Gasteiger partial charge in [0.05, 0.1) is 25.9 Å². The first-order valence-electron chi connectivity index (χ1n) is 8.38. The molecule has 19 heteroatoms. The first-order valence-corrected chi connectivity index (χ1v) is 12.6. The summed E-state index contributed by atoms with van der Waals surface area (Å²) in [6, 6.07) is 5.20. The van der Waals surface area contributed by atoms with Crippen molar-refractivity contribution >= 4 is 58.4 Å². The van der Waals surface area contributed by atoms with Crippen molar-refractivity contribution in [2.45, 2.75) is 14.7 Å². The van der Waals surface area contributed by atoms with E-state index in [9.17, 15) is 48.8 Å². The number of aromatic hydroxyl groups is 1. The third-order valence-corrected chi connectivity index (χ3v) is 6.82. The average molecular weight is 584 g/mol. The summed E-state index contributed by atoms with van der Waals surface area (Å²) in [4.78, 5) is 9.80. The van der Waals surface area contributed by atoms with Crippen LogP contribution in [-0.4, -0.2) is 49.9 Å². The topological polar surface area (TPSA) is 247 Å². The van der Waals surface area contributed by atoms with Crippen molar-refractivity contribution in [3.8, 4) is 5.75 Å². The maximum absolute atomic E-state index is 12.7. The van der Waals surface area contributed by atoms with Crippen LogP contribution in [0, 0.1) is 0 Å². The first-order chi connectivity index (χ1) is 15.0. The van der Waals surface area contributed by atoms with Gasteiger partial charge in [-0.2, -0.15) is 0 Å². The smallest absolute Gasteiger partial charge is 0.744 e. The molecule has 0 aromatic heterocycles. The van der Waals surface area contributed by atoms with Gasteiger partial charge in [-0.1, -0.05) is 0 Å². The molecule has 0 heterocycles. The molecule has 0 unspecified atom stereocenters. The number of nitrogens with one attached hydrogen (secondary N) is 1. The Hall–Kier alpha value is -0.280. The second kappa shape index (κ2) is 12.7. The Morgan fingerprint density at radius 2 is 1.28 bits per heavy atom. The van der Waals surface area contributed by atoms with E-state index in [-0.39, 0.29) is 99.7 Å². The molecule has 0 atom stereocenters. The molecule has 3 aromatic carbocycles. The van der Waals surface area contributed by atoms with Gasteiger partial charge in [0.1, 0.15) is 36.1 Å². The van der Waals surface area contributed by atoms with Crippen molar-refractivity contribution < 1.29 is 137 Å². The second-order valence-corrected chi connectivity index (χ2v) is 10.7. The van der Waals surface area contributed by atoms with Crippen LogP contribution in [0.4, 0.5) is 11.4 Å². The number of hydrogen-bond donors (Lipinski definition) is 3. The number of fused-ring (bicyclic) bond motifs is 1. The number of nitrogen functional groups attached to an aromatic ring is 1. The van der Waals surface area contributed by atoms with Crippen molar-refractivity contribution in [2.75, 3.05) is 11.1 Å². The molecule has 176 valence electrons. The Kier molecular flexibility index (Phi) is 12.6. The maximum atomic E-state index is 12.7. The molecule has 36 heavy (non-hydrogen) atoms. The van der Waals surface area contributed by atoms with Gasteiger partial charge >= 0.3 is 88.7 Å². The van der Waals surface area contributed by atoms with Crippen LogP contribution in [0.5, 0.6) is 5.75 Å². The van der Waals surface area contributed by atoms with Gasteiger partial charge in [0, 0.05) is 11.1 Å². The van der Waals surface area contributed by atoms with E-state index in [4.69, 9.17) is 5.73 Å². The summed E-state index contributed by atoms with van der Waals surface area (Å²) < 4.78 is 103. The summed E-state index contributed by atoms with van der Waals surface area (Å²) in [5, 5.41) is 11.5. The number of anilines is 2. The fourth-order valence-corrected chi connectivity index (χ4v) is 4.72. The quantitative estimate of drug-likeness (QED) is 0.144. The number of nitrogens with two attached hydrogens (primary N) is 1. The molecule has 0 aliphatic heterocycles. The van der Waals surface area contributed by atoms with Crippen molar-refractivity contribution in [3.05, 3.63) is 48.0 Å². The molecule has 13 nitrogen and oxygen atoms in total. The third kappa shape index (κ3) is 8.11. The summed E-state index contributed by atoms with van der Waals surface area (Å²) in [7, 11) is -15.5. The minimum Gasteiger partial charge on any atom is -0.744 e. The number of rotatable bonds is 5. The van der Waals surface area contributed by atoms with E-state index in [0.29, 0.717) is 24.3 Å². The van der Waals surface area contributed by atoms with Gasteiger partial charge in [0.15, 0.2) is 0 Å². The number of phenolic OH excluding ortho intramolecular Hbond substituents is 1. The minimum absolute atomic E-state index is 0. The largest absolute Gasteiger partial charge is 1.00 e. The van der Waals surface area contributed by atoms with Gasteiger partial charge in [-0.25, -0.2) is 25.3 Å². The number of amides is 1. The van der Waals surface area contributed by atoms with Gasteiger partial charge in [0.2, 0.25) is 0 Å². The van der Waals surface area contributed by atoms with Crippen LogP contribution in [0.3, 0.4) is 0 Å². The van der Waals surface area contributed by atoms with Crippen LogP contribution >= 0.6 is 0 Å². The van der Waals surface area contributed by atoms with E-state index < -0.39 is 73.3 Å². The minimum atomic E-state index is -5.19. The van der Waals surface area contributed by atoms with Crippen LogP contribution in [-0.2, 0) is 30.4 Å². The van der Waals surface area contributed by atoms with Crippen LogP contribution in [0.2, 0.25) is 0 Å².